The molecule has 2 heterocycles. The third-order valence-electron chi connectivity index (χ3n) is 4.08. The van der Waals surface area contributed by atoms with E-state index in [9.17, 15) is 13.2 Å². The number of nitrogens with zero attached hydrogens (tertiary/aromatic N) is 2. The number of halogens is 1. The summed E-state index contributed by atoms with van der Waals surface area (Å²) >= 11 is 6.16. The van der Waals surface area contributed by atoms with E-state index in [-0.39, 0.29) is 28.2 Å². The summed E-state index contributed by atoms with van der Waals surface area (Å²) in [4.78, 5) is 16.0. The standard InChI is InChI=1S/C18H20ClN3O5S/c19-16-10-15(28(24,25)22-6-8-26-9-7-22)3-4-17(16)27-13-18(23)21-12-14-2-1-5-20-11-14/h1-5,10-11H,6-9,12-13H2,(H,21,23). The zero-order valence-corrected chi connectivity index (χ0v) is 16.6. The van der Waals surface area contributed by atoms with E-state index in [1.54, 1.807) is 18.5 Å². The molecule has 3 rings (SSSR count). The van der Waals surface area contributed by atoms with Gasteiger partial charge in [0.25, 0.3) is 5.91 Å². The van der Waals surface area contributed by atoms with Crippen LogP contribution in [0.4, 0.5) is 0 Å². The predicted molar refractivity (Wildman–Crippen MR) is 103 cm³/mol. The van der Waals surface area contributed by atoms with Gasteiger partial charge in [0, 0.05) is 32.0 Å². The number of rotatable bonds is 7. The molecule has 0 unspecified atom stereocenters. The number of ether oxygens (including phenoxy) is 2. The first kappa shape index (κ1) is 20.5. The molecule has 0 spiro atoms. The molecule has 0 aliphatic carbocycles. The monoisotopic (exact) mass is 425 g/mol. The van der Waals surface area contributed by atoms with E-state index in [1.807, 2.05) is 6.07 Å². The fourth-order valence-corrected chi connectivity index (χ4v) is 4.33. The first-order valence-corrected chi connectivity index (χ1v) is 10.4. The maximum Gasteiger partial charge on any atom is 0.258 e. The highest BCUT2D eigenvalue weighted by Gasteiger charge is 2.27. The van der Waals surface area contributed by atoms with Crippen LogP contribution in [0.15, 0.2) is 47.6 Å². The van der Waals surface area contributed by atoms with Gasteiger partial charge in [-0.3, -0.25) is 9.78 Å². The summed E-state index contributed by atoms with van der Waals surface area (Å²) in [5.74, 6) is -0.0935. The molecule has 1 aromatic heterocycles. The second kappa shape index (κ2) is 9.33. The van der Waals surface area contributed by atoms with Crippen LogP contribution >= 0.6 is 11.6 Å². The molecule has 8 nitrogen and oxygen atoms in total. The molecule has 28 heavy (non-hydrogen) atoms. The van der Waals surface area contributed by atoms with Crippen molar-refractivity contribution in [3.63, 3.8) is 0 Å². The topological polar surface area (TPSA) is 97.8 Å². The highest BCUT2D eigenvalue weighted by molar-refractivity contribution is 7.89. The number of sulfonamides is 1. The molecule has 0 atom stereocenters. The average molecular weight is 426 g/mol. The molecular formula is C18H20ClN3O5S. The Labute approximate surface area is 168 Å². The van der Waals surface area contributed by atoms with Gasteiger partial charge in [0.15, 0.2) is 6.61 Å². The van der Waals surface area contributed by atoms with Crippen molar-refractivity contribution in [1.29, 1.82) is 0 Å². The van der Waals surface area contributed by atoms with Gasteiger partial charge in [-0.1, -0.05) is 17.7 Å². The number of hydrogen-bond donors (Lipinski definition) is 1. The number of morpholine rings is 1. The van der Waals surface area contributed by atoms with Gasteiger partial charge in [-0.25, -0.2) is 8.42 Å². The van der Waals surface area contributed by atoms with Gasteiger partial charge in [-0.15, -0.1) is 0 Å². The fraction of sp³-hybridized carbons (Fsp3) is 0.333. The van der Waals surface area contributed by atoms with Crippen molar-refractivity contribution in [3.05, 3.63) is 53.3 Å². The van der Waals surface area contributed by atoms with E-state index in [0.717, 1.165) is 5.56 Å². The molecule has 1 fully saturated rings. The largest absolute Gasteiger partial charge is 0.482 e. The summed E-state index contributed by atoms with van der Waals surface area (Å²) in [6, 6.07) is 7.82. The summed E-state index contributed by atoms with van der Waals surface area (Å²) in [7, 11) is -3.64. The first-order chi connectivity index (χ1) is 13.5. The Morgan fingerprint density at radius 2 is 2.07 bits per heavy atom. The van der Waals surface area contributed by atoms with Crippen LogP contribution in [-0.2, 0) is 26.1 Å². The van der Waals surface area contributed by atoms with E-state index in [4.69, 9.17) is 21.1 Å². The van der Waals surface area contributed by atoms with Crippen LogP contribution in [0, 0.1) is 0 Å². The number of amides is 1. The first-order valence-electron chi connectivity index (χ1n) is 8.62. The summed E-state index contributed by atoms with van der Waals surface area (Å²) < 4.78 is 37.2. The minimum Gasteiger partial charge on any atom is -0.482 e. The van der Waals surface area contributed by atoms with Crippen molar-refractivity contribution in [1.82, 2.24) is 14.6 Å². The summed E-state index contributed by atoms with van der Waals surface area (Å²) in [5.41, 5.74) is 0.867. The van der Waals surface area contributed by atoms with Crippen LogP contribution in [0.5, 0.6) is 5.75 Å². The number of carbonyl (C=O) groups excluding carboxylic acids is 1. The minimum atomic E-state index is -3.64. The Morgan fingerprint density at radius 1 is 1.29 bits per heavy atom. The van der Waals surface area contributed by atoms with Crippen molar-refractivity contribution >= 4 is 27.5 Å². The SMILES string of the molecule is O=C(COc1ccc(S(=O)(=O)N2CCOCC2)cc1Cl)NCc1cccnc1. The Hall–Kier alpha value is -2.20. The van der Waals surface area contributed by atoms with Crippen LogP contribution in [-0.4, -0.2) is 56.5 Å². The Kier molecular flexibility index (Phi) is 6.84. The molecule has 1 aromatic carbocycles. The normalized spacial score (nSPS) is 15.2. The van der Waals surface area contributed by atoms with Crippen LogP contribution in [0.2, 0.25) is 5.02 Å². The van der Waals surface area contributed by atoms with Crippen LogP contribution in [0.25, 0.3) is 0 Å². The lowest BCUT2D eigenvalue weighted by molar-refractivity contribution is -0.123. The van der Waals surface area contributed by atoms with Gasteiger partial charge < -0.3 is 14.8 Å². The maximum atomic E-state index is 12.6. The van der Waals surface area contributed by atoms with Crippen molar-refractivity contribution in [2.75, 3.05) is 32.9 Å². The number of nitrogens with one attached hydrogen (secondary N) is 1. The van der Waals surface area contributed by atoms with Gasteiger partial charge in [-0.05, 0) is 29.8 Å². The van der Waals surface area contributed by atoms with Gasteiger partial charge in [0.1, 0.15) is 5.75 Å². The highest BCUT2D eigenvalue weighted by Crippen LogP contribution is 2.29. The molecule has 0 saturated carbocycles. The number of hydrogen-bond acceptors (Lipinski definition) is 6. The lowest BCUT2D eigenvalue weighted by Crippen LogP contribution is -2.40. The molecule has 1 saturated heterocycles. The van der Waals surface area contributed by atoms with Gasteiger partial charge in [-0.2, -0.15) is 4.31 Å². The van der Waals surface area contributed by atoms with E-state index in [2.05, 4.69) is 10.3 Å². The fourth-order valence-electron chi connectivity index (χ4n) is 2.59. The zero-order chi connectivity index (χ0) is 20.0. The molecule has 1 amide bonds. The Balaban J connectivity index is 1.57. The second-order valence-electron chi connectivity index (χ2n) is 6.04. The van der Waals surface area contributed by atoms with Gasteiger partial charge in [0.2, 0.25) is 10.0 Å². The number of aromatic nitrogens is 1. The van der Waals surface area contributed by atoms with Gasteiger partial charge >= 0.3 is 0 Å². The lowest BCUT2D eigenvalue weighted by Gasteiger charge is -2.26. The number of pyridine rings is 1. The predicted octanol–water partition coefficient (Wildman–Crippen LogP) is 1.45. The quantitative estimate of drug-likeness (QED) is 0.721. The van der Waals surface area contributed by atoms with Crippen molar-refractivity contribution < 1.29 is 22.7 Å². The van der Waals surface area contributed by atoms with E-state index in [0.29, 0.717) is 32.8 Å². The van der Waals surface area contributed by atoms with E-state index >= 15 is 0 Å². The smallest absolute Gasteiger partial charge is 0.258 e. The molecule has 2 aromatic rings. The van der Waals surface area contributed by atoms with Crippen LogP contribution in [0.3, 0.4) is 0 Å². The third-order valence-corrected chi connectivity index (χ3v) is 6.27. The van der Waals surface area contributed by atoms with E-state index < -0.39 is 10.0 Å². The second-order valence-corrected chi connectivity index (χ2v) is 8.38. The molecule has 0 radical (unpaired) electrons. The summed E-state index contributed by atoms with van der Waals surface area (Å²) in [6.07, 6.45) is 3.31. The molecular weight excluding hydrogens is 406 g/mol. The number of benzene rings is 1. The maximum absolute atomic E-state index is 12.6. The lowest BCUT2D eigenvalue weighted by atomic mass is 10.3. The van der Waals surface area contributed by atoms with Crippen molar-refractivity contribution in [2.24, 2.45) is 0 Å². The zero-order valence-electron chi connectivity index (χ0n) is 15.0. The molecule has 1 aliphatic rings. The van der Waals surface area contributed by atoms with Crippen molar-refractivity contribution in [3.8, 4) is 5.75 Å². The summed E-state index contributed by atoms with van der Waals surface area (Å²) in [5, 5.41) is 2.83. The molecule has 1 aliphatic heterocycles. The molecule has 0 bridgehead atoms. The third kappa shape index (κ3) is 5.20. The molecule has 10 heteroatoms. The number of carbonyl (C=O) groups is 1. The van der Waals surface area contributed by atoms with Crippen LogP contribution in [0.1, 0.15) is 5.56 Å². The van der Waals surface area contributed by atoms with Crippen LogP contribution < -0.4 is 10.1 Å². The minimum absolute atomic E-state index is 0.0766. The molecule has 150 valence electrons. The molecule has 1 N–H and O–H groups in total. The Bertz CT molecular complexity index is 918. The Morgan fingerprint density at radius 3 is 2.75 bits per heavy atom. The van der Waals surface area contributed by atoms with Gasteiger partial charge in [0.05, 0.1) is 23.1 Å². The average Bonchev–Trinajstić information content (AvgIpc) is 2.72. The van der Waals surface area contributed by atoms with Crippen molar-refractivity contribution in [2.45, 2.75) is 11.4 Å². The highest BCUT2D eigenvalue weighted by atomic mass is 35.5. The summed E-state index contributed by atoms with van der Waals surface area (Å²) in [6.45, 7) is 1.42. The van der Waals surface area contributed by atoms with E-state index in [1.165, 1.54) is 22.5 Å².